The maximum atomic E-state index is 6.22. The summed E-state index contributed by atoms with van der Waals surface area (Å²) in [7, 11) is 0. The van der Waals surface area contributed by atoms with Gasteiger partial charge in [0, 0.05) is 18.6 Å². The Balaban J connectivity index is 2.32. The smallest absolute Gasteiger partial charge is 0.00998 e. The van der Waals surface area contributed by atoms with E-state index in [1.54, 1.807) is 0 Å². The molecule has 0 aromatic carbocycles. The first-order valence-corrected chi connectivity index (χ1v) is 6.80. The molecule has 1 fully saturated rings. The molecule has 2 nitrogen and oxygen atoms in total. The molecule has 0 aliphatic heterocycles. The lowest BCUT2D eigenvalue weighted by Crippen LogP contribution is -2.40. The van der Waals surface area contributed by atoms with Gasteiger partial charge in [0.2, 0.25) is 0 Å². The predicted octanol–water partition coefficient (Wildman–Crippen LogP) is 2.87. The highest BCUT2D eigenvalue weighted by Crippen LogP contribution is 2.28. The van der Waals surface area contributed by atoms with Gasteiger partial charge in [-0.1, -0.05) is 34.6 Å². The minimum atomic E-state index is 0.243. The average molecular weight is 226 g/mol. The molecule has 0 spiro atoms. The van der Waals surface area contributed by atoms with E-state index in [0.717, 1.165) is 18.4 Å². The van der Waals surface area contributed by atoms with Crippen molar-refractivity contribution < 1.29 is 0 Å². The number of rotatable bonds is 6. The summed E-state index contributed by atoms with van der Waals surface area (Å²) in [6, 6.07) is 1.19. The van der Waals surface area contributed by atoms with Crippen molar-refractivity contribution in [3.05, 3.63) is 0 Å². The Hall–Kier alpha value is -0.0800. The van der Waals surface area contributed by atoms with E-state index in [9.17, 15) is 0 Å². The molecule has 1 rings (SSSR count). The highest BCUT2D eigenvalue weighted by Gasteiger charge is 2.30. The first kappa shape index (κ1) is 14.0. The second kappa shape index (κ2) is 5.50. The third-order valence-corrected chi connectivity index (χ3v) is 3.50. The Bertz CT molecular complexity index is 201. The third kappa shape index (κ3) is 4.84. The Morgan fingerprint density at radius 1 is 1.25 bits per heavy atom. The quantitative estimate of drug-likeness (QED) is 0.754. The molecule has 0 bridgehead atoms. The lowest BCUT2D eigenvalue weighted by molar-refractivity contribution is 0.203. The molecule has 1 atom stereocenters. The summed E-state index contributed by atoms with van der Waals surface area (Å²) in [4.78, 5) is 2.65. The van der Waals surface area contributed by atoms with Crippen LogP contribution in [0.4, 0.5) is 0 Å². The van der Waals surface area contributed by atoms with Crippen molar-refractivity contribution in [3.8, 4) is 0 Å². The SMILES string of the molecule is CC(C)CN(CCC(N)C(C)(C)C)C1CC1. The van der Waals surface area contributed by atoms with E-state index in [4.69, 9.17) is 5.73 Å². The van der Waals surface area contributed by atoms with E-state index < -0.39 is 0 Å². The number of nitrogens with two attached hydrogens (primary N) is 1. The van der Waals surface area contributed by atoms with Gasteiger partial charge in [0.05, 0.1) is 0 Å². The third-order valence-electron chi connectivity index (χ3n) is 3.50. The summed E-state index contributed by atoms with van der Waals surface area (Å²) in [5, 5.41) is 0. The Labute approximate surface area is 102 Å². The van der Waals surface area contributed by atoms with Crippen molar-refractivity contribution in [1.82, 2.24) is 4.90 Å². The summed E-state index contributed by atoms with van der Waals surface area (Å²) in [5.41, 5.74) is 6.47. The monoisotopic (exact) mass is 226 g/mol. The van der Waals surface area contributed by atoms with Gasteiger partial charge in [-0.15, -0.1) is 0 Å². The summed E-state index contributed by atoms with van der Waals surface area (Å²) in [6.07, 6.45) is 3.93. The normalized spacial score (nSPS) is 19.5. The van der Waals surface area contributed by atoms with E-state index >= 15 is 0 Å². The van der Waals surface area contributed by atoms with E-state index in [1.807, 2.05) is 0 Å². The fourth-order valence-electron chi connectivity index (χ4n) is 2.07. The van der Waals surface area contributed by atoms with Gasteiger partial charge in [0.25, 0.3) is 0 Å². The van der Waals surface area contributed by atoms with Crippen LogP contribution in [0.1, 0.15) is 53.9 Å². The Kier molecular flexibility index (Phi) is 4.81. The maximum Gasteiger partial charge on any atom is 0.00998 e. The largest absolute Gasteiger partial charge is 0.327 e. The van der Waals surface area contributed by atoms with Crippen LogP contribution in [-0.4, -0.2) is 30.1 Å². The number of hydrogen-bond donors (Lipinski definition) is 1. The molecule has 1 aliphatic rings. The molecule has 0 amide bonds. The molecule has 1 unspecified atom stereocenters. The van der Waals surface area contributed by atoms with E-state index in [0.29, 0.717) is 6.04 Å². The van der Waals surface area contributed by atoms with Crippen LogP contribution < -0.4 is 5.73 Å². The van der Waals surface area contributed by atoms with Crippen molar-refractivity contribution in [2.75, 3.05) is 13.1 Å². The van der Waals surface area contributed by atoms with Crippen LogP contribution in [0.5, 0.6) is 0 Å². The van der Waals surface area contributed by atoms with Crippen molar-refractivity contribution in [2.24, 2.45) is 17.1 Å². The molecule has 2 heteroatoms. The summed E-state index contributed by atoms with van der Waals surface area (Å²) in [6.45, 7) is 13.7. The van der Waals surface area contributed by atoms with Gasteiger partial charge in [0.1, 0.15) is 0 Å². The molecule has 16 heavy (non-hydrogen) atoms. The summed E-state index contributed by atoms with van der Waals surface area (Å²) < 4.78 is 0. The first-order valence-electron chi connectivity index (χ1n) is 6.80. The molecule has 0 heterocycles. The van der Waals surface area contributed by atoms with Crippen LogP contribution in [0.15, 0.2) is 0 Å². The molecule has 0 radical (unpaired) electrons. The van der Waals surface area contributed by atoms with Crippen molar-refractivity contribution in [3.63, 3.8) is 0 Å². The molecule has 1 saturated carbocycles. The zero-order chi connectivity index (χ0) is 12.3. The van der Waals surface area contributed by atoms with Crippen molar-refractivity contribution in [1.29, 1.82) is 0 Å². The Morgan fingerprint density at radius 3 is 2.19 bits per heavy atom. The van der Waals surface area contributed by atoms with E-state index in [-0.39, 0.29) is 5.41 Å². The average Bonchev–Trinajstić information content (AvgIpc) is 2.92. The van der Waals surface area contributed by atoms with Crippen LogP contribution in [0.3, 0.4) is 0 Å². The van der Waals surface area contributed by atoms with Gasteiger partial charge in [-0.05, 0) is 37.1 Å². The van der Waals surface area contributed by atoms with Gasteiger partial charge < -0.3 is 10.6 Å². The van der Waals surface area contributed by atoms with Gasteiger partial charge in [-0.3, -0.25) is 0 Å². The molecule has 0 aromatic heterocycles. The van der Waals surface area contributed by atoms with Gasteiger partial charge >= 0.3 is 0 Å². The molecular weight excluding hydrogens is 196 g/mol. The Morgan fingerprint density at radius 2 is 1.81 bits per heavy atom. The van der Waals surface area contributed by atoms with Crippen LogP contribution in [0.2, 0.25) is 0 Å². The van der Waals surface area contributed by atoms with Gasteiger partial charge in [-0.25, -0.2) is 0 Å². The highest BCUT2D eigenvalue weighted by atomic mass is 15.2. The second-order valence-electron chi connectivity index (χ2n) is 6.88. The maximum absolute atomic E-state index is 6.22. The standard InChI is InChI=1S/C14H30N2/c1-11(2)10-16(12-6-7-12)9-8-13(15)14(3,4)5/h11-13H,6-10,15H2,1-5H3. The molecule has 96 valence electrons. The summed E-state index contributed by atoms with van der Waals surface area (Å²) in [5.74, 6) is 0.770. The van der Waals surface area contributed by atoms with Gasteiger partial charge in [-0.2, -0.15) is 0 Å². The molecule has 0 saturated heterocycles. The van der Waals surface area contributed by atoms with E-state index in [2.05, 4.69) is 39.5 Å². The van der Waals surface area contributed by atoms with E-state index in [1.165, 1.54) is 25.9 Å². The highest BCUT2D eigenvalue weighted by molar-refractivity contribution is 4.86. The topological polar surface area (TPSA) is 29.3 Å². The van der Waals surface area contributed by atoms with Crippen LogP contribution in [0.25, 0.3) is 0 Å². The lowest BCUT2D eigenvalue weighted by Gasteiger charge is -2.31. The second-order valence-corrected chi connectivity index (χ2v) is 6.88. The molecule has 1 aliphatic carbocycles. The fourth-order valence-corrected chi connectivity index (χ4v) is 2.07. The van der Waals surface area contributed by atoms with Crippen LogP contribution in [-0.2, 0) is 0 Å². The van der Waals surface area contributed by atoms with Crippen molar-refractivity contribution >= 4 is 0 Å². The number of nitrogens with zero attached hydrogens (tertiary/aromatic N) is 1. The fraction of sp³-hybridized carbons (Fsp3) is 1.00. The minimum Gasteiger partial charge on any atom is -0.327 e. The zero-order valence-electron chi connectivity index (χ0n) is 11.8. The predicted molar refractivity (Wildman–Crippen MR) is 71.5 cm³/mol. The zero-order valence-corrected chi connectivity index (χ0v) is 11.8. The minimum absolute atomic E-state index is 0.243. The summed E-state index contributed by atoms with van der Waals surface area (Å²) >= 11 is 0. The first-order chi connectivity index (χ1) is 7.30. The van der Waals surface area contributed by atoms with Crippen LogP contribution in [0, 0.1) is 11.3 Å². The van der Waals surface area contributed by atoms with Gasteiger partial charge in [0.15, 0.2) is 0 Å². The molecule has 2 N–H and O–H groups in total. The lowest BCUT2D eigenvalue weighted by atomic mass is 9.85. The van der Waals surface area contributed by atoms with Crippen LogP contribution >= 0.6 is 0 Å². The molecule has 0 aromatic rings. The molecular formula is C14H30N2. The number of hydrogen-bond acceptors (Lipinski definition) is 2. The van der Waals surface area contributed by atoms with Crippen molar-refractivity contribution in [2.45, 2.75) is 66.0 Å².